The number of halogens is 3. The van der Waals surface area contributed by atoms with Crippen molar-refractivity contribution in [3.8, 4) is 0 Å². The molecular formula is C15H21F3N2O. The molecule has 0 saturated carbocycles. The number of nitrogens with two attached hydrogens (primary N) is 1. The Morgan fingerprint density at radius 1 is 1.10 bits per heavy atom. The summed E-state index contributed by atoms with van der Waals surface area (Å²) in [4.78, 5) is 11.6. The number of carbonyl (C=O) groups is 1. The second-order valence-electron chi connectivity index (χ2n) is 4.88. The van der Waals surface area contributed by atoms with Crippen LogP contribution in [-0.2, 0) is 17.5 Å². The molecule has 0 aliphatic carbocycles. The van der Waals surface area contributed by atoms with E-state index in [-0.39, 0.29) is 18.0 Å². The second kappa shape index (κ2) is 8.67. The highest BCUT2D eigenvalue weighted by Crippen LogP contribution is 2.31. The fourth-order valence-corrected chi connectivity index (χ4v) is 2.02. The van der Waals surface area contributed by atoms with Crippen LogP contribution in [0.5, 0.6) is 0 Å². The van der Waals surface area contributed by atoms with E-state index in [0.717, 1.165) is 31.7 Å². The first kappa shape index (κ1) is 17.5. The molecule has 0 unspecified atom stereocenters. The average molecular weight is 302 g/mol. The van der Waals surface area contributed by atoms with Gasteiger partial charge in [0.1, 0.15) is 0 Å². The van der Waals surface area contributed by atoms with Crippen molar-refractivity contribution in [1.82, 2.24) is 5.32 Å². The number of rotatable bonds is 8. The van der Waals surface area contributed by atoms with Gasteiger partial charge in [0.25, 0.3) is 0 Å². The first-order valence-corrected chi connectivity index (χ1v) is 7.07. The molecule has 0 aromatic heterocycles. The third-order valence-electron chi connectivity index (χ3n) is 3.16. The molecule has 0 atom stereocenters. The van der Waals surface area contributed by atoms with Gasteiger partial charge in [0, 0.05) is 13.0 Å². The molecule has 118 valence electrons. The van der Waals surface area contributed by atoms with E-state index >= 15 is 0 Å². The molecule has 1 rings (SSSR count). The van der Waals surface area contributed by atoms with Crippen LogP contribution in [0.15, 0.2) is 24.3 Å². The van der Waals surface area contributed by atoms with E-state index in [4.69, 9.17) is 5.73 Å². The highest BCUT2D eigenvalue weighted by Gasteiger charge is 2.32. The smallest absolute Gasteiger partial charge is 0.352 e. The number of alkyl halides is 3. The van der Waals surface area contributed by atoms with E-state index in [1.807, 2.05) is 0 Å². The van der Waals surface area contributed by atoms with Crippen molar-refractivity contribution in [2.75, 3.05) is 6.54 Å². The van der Waals surface area contributed by atoms with E-state index in [1.165, 1.54) is 18.2 Å². The molecule has 0 bridgehead atoms. The highest BCUT2D eigenvalue weighted by molar-refractivity contribution is 5.75. The molecule has 0 saturated heterocycles. The minimum absolute atomic E-state index is 0.0847. The zero-order valence-corrected chi connectivity index (χ0v) is 11.9. The van der Waals surface area contributed by atoms with Crippen molar-refractivity contribution in [2.24, 2.45) is 5.73 Å². The Balaban J connectivity index is 2.40. The van der Waals surface area contributed by atoms with E-state index < -0.39 is 11.7 Å². The summed E-state index contributed by atoms with van der Waals surface area (Å²) in [5.41, 5.74) is 4.74. The molecular weight excluding hydrogens is 281 g/mol. The molecule has 0 heterocycles. The number of nitrogens with one attached hydrogen (secondary N) is 1. The summed E-state index contributed by atoms with van der Waals surface area (Å²) in [6.07, 6.45) is -0.528. The van der Waals surface area contributed by atoms with Crippen molar-refractivity contribution < 1.29 is 18.0 Å². The van der Waals surface area contributed by atoms with Crippen LogP contribution in [0.25, 0.3) is 0 Å². The minimum Gasteiger partial charge on any atom is -0.352 e. The van der Waals surface area contributed by atoms with Crippen molar-refractivity contribution in [3.05, 3.63) is 35.4 Å². The van der Waals surface area contributed by atoms with Crippen LogP contribution in [0.2, 0.25) is 0 Å². The van der Waals surface area contributed by atoms with E-state index in [1.54, 1.807) is 0 Å². The predicted molar refractivity (Wildman–Crippen MR) is 75.4 cm³/mol. The maximum Gasteiger partial charge on any atom is 0.416 e. The van der Waals surface area contributed by atoms with Gasteiger partial charge in [-0.3, -0.25) is 4.79 Å². The maximum atomic E-state index is 12.8. The summed E-state index contributed by atoms with van der Waals surface area (Å²) in [6, 6.07) is 5.27. The Labute approximate surface area is 122 Å². The second-order valence-corrected chi connectivity index (χ2v) is 4.88. The fourth-order valence-electron chi connectivity index (χ4n) is 2.02. The van der Waals surface area contributed by atoms with E-state index in [9.17, 15) is 18.0 Å². The van der Waals surface area contributed by atoms with Gasteiger partial charge in [-0.2, -0.15) is 13.2 Å². The maximum absolute atomic E-state index is 12.8. The van der Waals surface area contributed by atoms with Gasteiger partial charge >= 0.3 is 6.18 Å². The average Bonchev–Trinajstić information content (AvgIpc) is 2.44. The Morgan fingerprint density at radius 3 is 2.43 bits per heavy atom. The number of hydrogen-bond donors (Lipinski definition) is 2. The summed E-state index contributed by atoms with van der Waals surface area (Å²) >= 11 is 0. The topological polar surface area (TPSA) is 55.1 Å². The first-order valence-electron chi connectivity index (χ1n) is 7.07. The lowest BCUT2D eigenvalue weighted by Crippen LogP contribution is -2.24. The van der Waals surface area contributed by atoms with E-state index in [0.29, 0.717) is 13.0 Å². The number of hydrogen-bond acceptors (Lipinski definition) is 2. The van der Waals surface area contributed by atoms with Crippen LogP contribution >= 0.6 is 0 Å². The Hall–Kier alpha value is -1.56. The number of benzene rings is 1. The predicted octanol–water partition coefficient (Wildman–Crippen LogP) is 3.23. The fraction of sp³-hybridized carbons (Fsp3) is 0.533. The monoisotopic (exact) mass is 302 g/mol. The third kappa shape index (κ3) is 6.62. The summed E-state index contributed by atoms with van der Waals surface area (Å²) in [7, 11) is 0. The quantitative estimate of drug-likeness (QED) is 0.724. The molecule has 3 nitrogen and oxygen atoms in total. The minimum atomic E-state index is -4.40. The largest absolute Gasteiger partial charge is 0.416 e. The number of unbranched alkanes of at least 4 members (excludes halogenated alkanes) is 3. The Morgan fingerprint density at radius 2 is 1.76 bits per heavy atom. The highest BCUT2D eigenvalue weighted by atomic mass is 19.4. The molecule has 3 N–H and O–H groups in total. The molecule has 0 radical (unpaired) electrons. The summed E-state index contributed by atoms with van der Waals surface area (Å²) in [5.74, 6) is -0.222. The van der Waals surface area contributed by atoms with Gasteiger partial charge in [-0.15, -0.1) is 0 Å². The number of carbonyl (C=O) groups excluding carboxylic acids is 1. The van der Waals surface area contributed by atoms with Crippen molar-refractivity contribution in [2.45, 2.75) is 44.8 Å². The van der Waals surface area contributed by atoms with Gasteiger partial charge in [-0.1, -0.05) is 31.0 Å². The van der Waals surface area contributed by atoms with Gasteiger partial charge in [0.05, 0.1) is 5.56 Å². The zero-order valence-electron chi connectivity index (χ0n) is 11.9. The number of amides is 1. The standard InChI is InChI=1S/C15H21F3N2O/c16-15(17,18)13-8-5-4-7-12(13)11-20-14(21)9-3-1-2-6-10-19/h4-5,7-8H,1-3,6,9-11,19H2,(H,20,21). The Bertz CT molecular complexity index is 447. The van der Waals surface area contributed by atoms with Gasteiger partial charge in [0.15, 0.2) is 0 Å². The van der Waals surface area contributed by atoms with Crippen LogP contribution in [0.3, 0.4) is 0 Å². The summed E-state index contributed by atoms with van der Waals surface area (Å²) in [5, 5.41) is 2.54. The molecule has 0 aliphatic heterocycles. The van der Waals surface area contributed by atoms with Crippen LogP contribution in [-0.4, -0.2) is 12.5 Å². The van der Waals surface area contributed by atoms with Crippen LogP contribution < -0.4 is 11.1 Å². The first-order chi connectivity index (χ1) is 9.95. The van der Waals surface area contributed by atoms with Crippen molar-refractivity contribution in [1.29, 1.82) is 0 Å². The van der Waals surface area contributed by atoms with Gasteiger partial charge in [0.2, 0.25) is 5.91 Å². The van der Waals surface area contributed by atoms with Crippen LogP contribution in [0, 0.1) is 0 Å². The molecule has 0 spiro atoms. The summed E-state index contributed by atoms with van der Waals surface area (Å²) in [6.45, 7) is 0.539. The van der Waals surface area contributed by atoms with E-state index in [2.05, 4.69) is 5.32 Å². The molecule has 0 aliphatic rings. The van der Waals surface area contributed by atoms with Gasteiger partial charge in [-0.05, 0) is 31.0 Å². The SMILES string of the molecule is NCCCCCCC(=O)NCc1ccccc1C(F)(F)F. The van der Waals surface area contributed by atoms with Crippen LogP contribution in [0.1, 0.15) is 43.2 Å². The van der Waals surface area contributed by atoms with Gasteiger partial charge < -0.3 is 11.1 Å². The normalized spacial score (nSPS) is 11.4. The summed E-state index contributed by atoms with van der Waals surface area (Å²) < 4.78 is 38.3. The molecule has 1 amide bonds. The van der Waals surface area contributed by atoms with Crippen molar-refractivity contribution in [3.63, 3.8) is 0 Å². The lowest BCUT2D eigenvalue weighted by Gasteiger charge is -2.13. The van der Waals surface area contributed by atoms with Crippen molar-refractivity contribution >= 4 is 5.91 Å². The van der Waals surface area contributed by atoms with Gasteiger partial charge in [-0.25, -0.2) is 0 Å². The molecule has 6 heteroatoms. The molecule has 1 aromatic carbocycles. The zero-order chi connectivity index (χ0) is 15.7. The Kier molecular flexibility index (Phi) is 7.22. The molecule has 0 fully saturated rings. The lowest BCUT2D eigenvalue weighted by molar-refractivity contribution is -0.138. The lowest BCUT2D eigenvalue weighted by atomic mass is 10.1. The van der Waals surface area contributed by atoms with Crippen LogP contribution in [0.4, 0.5) is 13.2 Å². The molecule has 1 aromatic rings. The molecule has 21 heavy (non-hydrogen) atoms. The third-order valence-corrected chi connectivity index (χ3v) is 3.16.